The number of rotatable bonds is 11. The van der Waals surface area contributed by atoms with Crippen LogP contribution in [-0.2, 0) is 22.6 Å². The summed E-state index contributed by atoms with van der Waals surface area (Å²) in [5.41, 5.74) is 2.62. The molecule has 2 amide bonds. The summed E-state index contributed by atoms with van der Waals surface area (Å²) >= 11 is 16.0. The number of hydrogen-bond donors (Lipinski definition) is 1. The Hall–Kier alpha value is -2.54. The number of carbonyl (C=O) groups excluding carboxylic acids is 2. The summed E-state index contributed by atoms with van der Waals surface area (Å²) in [7, 11) is 0. The number of ether oxygens (including phenoxy) is 1. The maximum absolute atomic E-state index is 13.7. The minimum atomic E-state index is -0.768. The molecule has 3 aromatic carbocycles. The second-order valence-corrected chi connectivity index (χ2v) is 11.0. The maximum Gasteiger partial charge on any atom is 0.261 e. The van der Waals surface area contributed by atoms with Crippen molar-refractivity contribution in [2.45, 2.75) is 39.8 Å². The molecule has 1 unspecified atom stereocenters. The molecule has 3 aromatic rings. The fourth-order valence-corrected chi connectivity index (χ4v) is 4.46. The van der Waals surface area contributed by atoms with E-state index >= 15 is 0 Å². The molecule has 1 N–H and O–H groups in total. The van der Waals surface area contributed by atoms with Gasteiger partial charge in [-0.2, -0.15) is 0 Å². The SMILES string of the molecule is Cc1cc(OCC(=O)N(Cc2ccc(Cl)cc2Cl)C(Cc2ccccc2)C(=O)NCC(C)C)ccc1Br. The average molecular weight is 606 g/mol. The Kier molecular flexibility index (Phi) is 10.9. The van der Waals surface area contributed by atoms with E-state index in [0.29, 0.717) is 34.3 Å². The topological polar surface area (TPSA) is 58.6 Å². The van der Waals surface area contributed by atoms with Crippen molar-refractivity contribution in [2.24, 2.45) is 5.92 Å². The van der Waals surface area contributed by atoms with Crippen molar-refractivity contribution in [3.05, 3.63) is 97.9 Å². The third-order valence-electron chi connectivity index (χ3n) is 5.80. The quantitative estimate of drug-likeness (QED) is 0.260. The summed E-state index contributed by atoms with van der Waals surface area (Å²) < 4.78 is 6.81. The van der Waals surface area contributed by atoms with E-state index in [4.69, 9.17) is 27.9 Å². The molecule has 1 atom stereocenters. The van der Waals surface area contributed by atoms with Crippen LogP contribution in [0.2, 0.25) is 10.0 Å². The number of benzene rings is 3. The number of nitrogens with zero attached hydrogens (tertiary/aromatic N) is 1. The summed E-state index contributed by atoms with van der Waals surface area (Å²) in [5, 5.41) is 3.92. The van der Waals surface area contributed by atoms with E-state index in [9.17, 15) is 9.59 Å². The molecule has 0 saturated heterocycles. The predicted molar refractivity (Wildman–Crippen MR) is 153 cm³/mol. The highest BCUT2D eigenvalue weighted by Crippen LogP contribution is 2.25. The van der Waals surface area contributed by atoms with Crippen molar-refractivity contribution >= 4 is 50.9 Å². The van der Waals surface area contributed by atoms with Crippen LogP contribution in [0.4, 0.5) is 0 Å². The molecule has 0 aliphatic heterocycles. The average Bonchev–Trinajstić information content (AvgIpc) is 2.87. The number of halogens is 3. The molecule has 37 heavy (non-hydrogen) atoms. The fourth-order valence-electron chi connectivity index (χ4n) is 3.74. The second-order valence-electron chi connectivity index (χ2n) is 9.30. The second kappa shape index (κ2) is 13.8. The molecule has 0 bridgehead atoms. The minimum absolute atomic E-state index is 0.129. The van der Waals surface area contributed by atoms with Crippen molar-refractivity contribution in [3.63, 3.8) is 0 Å². The van der Waals surface area contributed by atoms with Gasteiger partial charge in [0.05, 0.1) is 0 Å². The highest BCUT2D eigenvalue weighted by Gasteiger charge is 2.31. The third-order valence-corrected chi connectivity index (χ3v) is 7.28. The minimum Gasteiger partial charge on any atom is -0.484 e. The molecular formula is C29H31BrCl2N2O3. The van der Waals surface area contributed by atoms with Gasteiger partial charge in [0.25, 0.3) is 5.91 Å². The van der Waals surface area contributed by atoms with Gasteiger partial charge in [-0.15, -0.1) is 0 Å². The van der Waals surface area contributed by atoms with E-state index < -0.39 is 6.04 Å². The van der Waals surface area contributed by atoms with Crippen LogP contribution >= 0.6 is 39.1 Å². The number of hydrogen-bond acceptors (Lipinski definition) is 3. The van der Waals surface area contributed by atoms with Crippen molar-refractivity contribution in [1.82, 2.24) is 10.2 Å². The third kappa shape index (κ3) is 8.77. The van der Waals surface area contributed by atoms with Crippen molar-refractivity contribution in [2.75, 3.05) is 13.2 Å². The molecule has 0 spiro atoms. The van der Waals surface area contributed by atoms with Gasteiger partial charge in [-0.1, -0.05) is 89.4 Å². The van der Waals surface area contributed by atoms with Crippen molar-refractivity contribution in [3.8, 4) is 5.75 Å². The lowest BCUT2D eigenvalue weighted by Gasteiger charge is -2.32. The summed E-state index contributed by atoms with van der Waals surface area (Å²) in [4.78, 5) is 28.7. The van der Waals surface area contributed by atoms with Crippen LogP contribution in [0.5, 0.6) is 5.75 Å². The van der Waals surface area contributed by atoms with Crippen LogP contribution in [0.25, 0.3) is 0 Å². The Morgan fingerprint density at radius 3 is 2.41 bits per heavy atom. The molecule has 0 radical (unpaired) electrons. The largest absolute Gasteiger partial charge is 0.484 e. The molecule has 3 rings (SSSR count). The zero-order valence-corrected chi connectivity index (χ0v) is 24.2. The molecule has 0 aromatic heterocycles. The van der Waals surface area contributed by atoms with E-state index in [2.05, 4.69) is 21.2 Å². The predicted octanol–water partition coefficient (Wildman–Crippen LogP) is 6.86. The Labute approximate surface area is 237 Å². The van der Waals surface area contributed by atoms with Gasteiger partial charge in [-0.05, 0) is 59.9 Å². The zero-order chi connectivity index (χ0) is 26.9. The van der Waals surface area contributed by atoms with E-state index in [-0.39, 0.29) is 30.9 Å². The number of nitrogens with one attached hydrogen (secondary N) is 1. The van der Waals surface area contributed by atoms with Gasteiger partial charge in [-0.3, -0.25) is 9.59 Å². The number of amides is 2. The molecule has 0 heterocycles. The Morgan fingerprint density at radius 1 is 1.03 bits per heavy atom. The molecule has 196 valence electrons. The molecule has 0 aliphatic carbocycles. The molecule has 0 aliphatic rings. The molecule has 0 saturated carbocycles. The van der Waals surface area contributed by atoms with E-state index in [1.807, 2.05) is 63.2 Å². The van der Waals surface area contributed by atoms with Crippen LogP contribution in [0.3, 0.4) is 0 Å². The van der Waals surface area contributed by atoms with Gasteiger partial charge < -0.3 is 15.0 Å². The van der Waals surface area contributed by atoms with Gasteiger partial charge in [0, 0.05) is 34.0 Å². The zero-order valence-electron chi connectivity index (χ0n) is 21.1. The van der Waals surface area contributed by atoms with E-state index in [1.54, 1.807) is 29.2 Å². The van der Waals surface area contributed by atoms with Crippen LogP contribution in [0.15, 0.2) is 71.2 Å². The fraction of sp³-hybridized carbons (Fsp3) is 0.310. The monoisotopic (exact) mass is 604 g/mol. The highest BCUT2D eigenvalue weighted by molar-refractivity contribution is 9.10. The smallest absolute Gasteiger partial charge is 0.261 e. The summed E-state index contributed by atoms with van der Waals surface area (Å²) in [6.45, 7) is 6.40. The summed E-state index contributed by atoms with van der Waals surface area (Å²) in [6.07, 6.45) is 0.346. The van der Waals surface area contributed by atoms with Gasteiger partial charge in [0.1, 0.15) is 11.8 Å². The first-order valence-electron chi connectivity index (χ1n) is 12.1. The Balaban J connectivity index is 1.93. The van der Waals surface area contributed by atoms with Crippen molar-refractivity contribution in [1.29, 1.82) is 0 Å². The van der Waals surface area contributed by atoms with Crippen LogP contribution < -0.4 is 10.1 Å². The molecule has 0 fully saturated rings. The summed E-state index contributed by atoms with van der Waals surface area (Å²) in [6, 6.07) is 19.5. The van der Waals surface area contributed by atoms with Gasteiger partial charge in [0.15, 0.2) is 6.61 Å². The lowest BCUT2D eigenvalue weighted by atomic mass is 10.0. The van der Waals surface area contributed by atoms with Crippen LogP contribution in [0, 0.1) is 12.8 Å². The summed E-state index contributed by atoms with van der Waals surface area (Å²) in [5.74, 6) is 0.283. The number of aryl methyl sites for hydroxylation is 1. The normalized spacial score (nSPS) is 11.8. The highest BCUT2D eigenvalue weighted by atomic mass is 79.9. The van der Waals surface area contributed by atoms with Gasteiger partial charge >= 0.3 is 0 Å². The van der Waals surface area contributed by atoms with Gasteiger partial charge in [-0.25, -0.2) is 0 Å². The van der Waals surface area contributed by atoms with Crippen LogP contribution in [-0.4, -0.2) is 35.9 Å². The maximum atomic E-state index is 13.7. The standard InChI is InChI=1S/C29H31BrCl2N2O3/c1-19(2)16-33-29(36)27(14-21-7-5-4-6-8-21)34(17-22-9-10-23(31)15-26(22)32)28(35)18-37-24-11-12-25(30)20(3)13-24/h4-13,15,19,27H,14,16-18H2,1-3H3,(H,33,36). The lowest BCUT2D eigenvalue weighted by Crippen LogP contribution is -2.52. The van der Waals surface area contributed by atoms with Gasteiger partial charge in [0.2, 0.25) is 5.91 Å². The first-order valence-corrected chi connectivity index (χ1v) is 13.6. The first-order chi connectivity index (χ1) is 17.6. The van der Waals surface area contributed by atoms with E-state index in [1.165, 1.54) is 0 Å². The van der Waals surface area contributed by atoms with Crippen molar-refractivity contribution < 1.29 is 14.3 Å². The number of carbonyl (C=O) groups is 2. The lowest BCUT2D eigenvalue weighted by molar-refractivity contribution is -0.142. The Morgan fingerprint density at radius 2 is 1.76 bits per heavy atom. The van der Waals surface area contributed by atoms with Crippen LogP contribution in [0.1, 0.15) is 30.5 Å². The molecule has 5 nitrogen and oxygen atoms in total. The molecular weight excluding hydrogens is 575 g/mol. The van der Waals surface area contributed by atoms with E-state index in [0.717, 1.165) is 15.6 Å². The Bertz CT molecular complexity index is 1220. The first kappa shape index (κ1) is 29.0. The molecule has 8 heteroatoms.